The van der Waals surface area contributed by atoms with Gasteiger partial charge < -0.3 is 10.9 Å². The third-order valence-electron chi connectivity index (χ3n) is 1.93. The zero-order chi connectivity index (χ0) is 10.9. The topological polar surface area (TPSA) is 103 Å². The molecule has 0 spiro atoms. The second-order valence-electron chi connectivity index (χ2n) is 2.75. The molecule has 0 atom stereocenters. The Morgan fingerprint density at radius 2 is 1.93 bits per heavy atom. The van der Waals surface area contributed by atoms with Crippen LogP contribution in [-0.4, -0.2) is 20.6 Å². The van der Waals surface area contributed by atoms with Gasteiger partial charge in [-0.25, -0.2) is 4.79 Å². The maximum absolute atomic E-state index is 11.4. The van der Waals surface area contributed by atoms with Gasteiger partial charge in [0.2, 0.25) is 0 Å². The Kier molecular flexibility index (Phi) is 2.41. The molecular weight excluding hydrogens is 188 g/mol. The van der Waals surface area contributed by atoms with E-state index in [2.05, 4.69) is 5.16 Å². The van der Waals surface area contributed by atoms with Crippen molar-refractivity contribution in [2.24, 2.45) is 19.3 Å². The number of aromatic nitrogens is 2. The van der Waals surface area contributed by atoms with E-state index in [1.165, 1.54) is 14.1 Å². The van der Waals surface area contributed by atoms with Crippen molar-refractivity contribution in [3.63, 3.8) is 0 Å². The molecule has 1 rings (SSSR count). The van der Waals surface area contributed by atoms with Crippen LogP contribution in [0.25, 0.3) is 0 Å². The lowest BCUT2D eigenvalue weighted by Crippen LogP contribution is -2.40. The number of rotatable bonds is 1. The summed E-state index contributed by atoms with van der Waals surface area (Å²) < 4.78 is 1.98. The van der Waals surface area contributed by atoms with Gasteiger partial charge in [-0.3, -0.25) is 13.9 Å². The summed E-state index contributed by atoms with van der Waals surface area (Å²) in [6, 6.07) is 0. The van der Waals surface area contributed by atoms with Crippen molar-refractivity contribution in [1.82, 2.24) is 9.13 Å². The lowest BCUT2D eigenvalue weighted by molar-refractivity contribution is 0.321. The minimum absolute atomic E-state index is 0.0166. The van der Waals surface area contributed by atoms with Gasteiger partial charge in [-0.2, -0.15) is 0 Å². The SMILES string of the molecule is Cn1c(N)c(/C=N/O)c(=O)n(C)c1=O. The van der Waals surface area contributed by atoms with Crippen LogP contribution in [-0.2, 0) is 14.1 Å². The van der Waals surface area contributed by atoms with Crippen LogP contribution >= 0.6 is 0 Å². The molecule has 14 heavy (non-hydrogen) atoms. The fraction of sp³-hybridized carbons (Fsp3) is 0.286. The van der Waals surface area contributed by atoms with Gasteiger partial charge in [0.15, 0.2) is 0 Å². The van der Waals surface area contributed by atoms with Crippen molar-refractivity contribution in [2.75, 3.05) is 5.73 Å². The number of hydrogen-bond donors (Lipinski definition) is 2. The molecule has 1 heterocycles. The van der Waals surface area contributed by atoms with Crippen molar-refractivity contribution < 1.29 is 5.21 Å². The Morgan fingerprint density at radius 3 is 2.43 bits per heavy atom. The van der Waals surface area contributed by atoms with Crippen LogP contribution in [0.15, 0.2) is 14.7 Å². The average molecular weight is 198 g/mol. The molecule has 0 radical (unpaired) electrons. The van der Waals surface area contributed by atoms with Crippen LogP contribution in [0.2, 0.25) is 0 Å². The number of oxime groups is 1. The van der Waals surface area contributed by atoms with E-state index in [0.29, 0.717) is 0 Å². The number of anilines is 1. The molecule has 0 saturated heterocycles. The van der Waals surface area contributed by atoms with Crippen molar-refractivity contribution >= 4 is 12.0 Å². The van der Waals surface area contributed by atoms with Crippen LogP contribution in [0.5, 0.6) is 0 Å². The van der Waals surface area contributed by atoms with Gasteiger partial charge in [-0.1, -0.05) is 5.16 Å². The van der Waals surface area contributed by atoms with E-state index >= 15 is 0 Å². The second-order valence-corrected chi connectivity index (χ2v) is 2.75. The third kappa shape index (κ3) is 1.28. The van der Waals surface area contributed by atoms with E-state index in [9.17, 15) is 9.59 Å². The summed E-state index contributed by atoms with van der Waals surface area (Å²) in [7, 11) is 2.74. The van der Waals surface area contributed by atoms with Gasteiger partial charge in [0.25, 0.3) is 5.56 Å². The largest absolute Gasteiger partial charge is 0.411 e. The monoisotopic (exact) mass is 198 g/mol. The molecule has 0 bridgehead atoms. The Morgan fingerprint density at radius 1 is 1.36 bits per heavy atom. The van der Waals surface area contributed by atoms with Gasteiger partial charge in [-0.15, -0.1) is 0 Å². The highest BCUT2D eigenvalue weighted by Gasteiger charge is 2.10. The van der Waals surface area contributed by atoms with Gasteiger partial charge >= 0.3 is 5.69 Å². The Balaban J connectivity index is 3.78. The average Bonchev–Trinajstić information content (AvgIpc) is 2.19. The summed E-state index contributed by atoms with van der Waals surface area (Å²) in [6.45, 7) is 0. The molecule has 0 fully saturated rings. The molecule has 0 aliphatic carbocycles. The molecule has 0 aliphatic heterocycles. The van der Waals surface area contributed by atoms with E-state index in [-0.39, 0.29) is 11.4 Å². The quantitative estimate of drug-likeness (QED) is 0.324. The summed E-state index contributed by atoms with van der Waals surface area (Å²) >= 11 is 0. The molecule has 0 saturated carbocycles. The minimum Gasteiger partial charge on any atom is -0.411 e. The van der Waals surface area contributed by atoms with Gasteiger partial charge in [0.05, 0.1) is 6.21 Å². The molecular formula is C7H10N4O3. The van der Waals surface area contributed by atoms with Crippen LogP contribution < -0.4 is 17.0 Å². The maximum atomic E-state index is 11.4. The molecule has 0 aromatic carbocycles. The predicted molar refractivity (Wildman–Crippen MR) is 50.7 cm³/mol. The maximum Gasteiger partial charge on any atom is 0.332 e. The van der Waals surface area contributed by atoms with Crippen molar-refractivity contribution in [2.45, 2.75) is 0 Å². The summed E-state index contributed by atoms with van der Waals surface area (Å²) in [5.41, 5.74) is 4.35. The smallest absolute Gasteiger partial charge is 0.332 e. The molecule has 1 aromatic heterocycles. The Labute approximate surface area is 78.7 Å². The summed E-state index contributed by atoms with van der Waals surface area (Å²) in [5.74, 6) is -0.0316. The first kappa shape index (κ1) is 10.0. The third-order valence-corrected chi connectivity index (χ3v) is 1.93. The number of nitrogen functional groups attached to an aromatic ring is 1. The first-order chi connectivity index (χ1) is 6.50. The molecule has 3 N–H and O–H groups in total. The van der Waals surface area contributed by atoms with Gasteiger partial charge in [0.1, 0.15) is 11.4 Å². The normalized spacial score (nSPS) is 11.0. The zero-order valence-electron chi connectivity index (χ0n) is 7.76. The molecule has 0 aliphatic rings. The minimum atomic E-state index is -0.594. The second kappa shape index (κ2) is 3.36. The lowest BCUT2D eigenvalue weighted by Gasteiger charge is -2.07. The Hall–Kier alpha value is -2.05. The highest BCUT2D eigenvalue weighted by atomic mass is 16.4. The van der Waals surface area contributed by atoms with Crippen molar-refractivity contribution in [3.05, 3.63) is 26.4 Å². The summed E-state index contributed by atoms with van der Waals surface area (Å²) in [5, 5.41) is 11.0. The van der Waals surface area contributed by atoms with Gasteiger partial charge in [-0.05, 0) is 0 Å². The molecule has 7 nitrogen and oxygen atoms in total. The standard InChI is InChI=1S/C7H10N4O3/c1-10-5(8)4(3-9-14)6(12)11(2)7(10)13/h3,14H,8H2,1-2H3/b9-3+. The zero-order valence-corrected chi connectivity index (χ0v) is 7.76. The molecule has 7 heteroatoms. The first-order valence-corrected chi connectivity index (χ1v) is 3.73. The molecule has 0 unspecified atom stereocenters. The van der Waals surface area contributed by atoms with E-state index in [1.807, 2.05) is 0 Å². The molecule has 76 valence electrons. The Bertz CT molecular complexity index is 497. The van der Waals surface area contributed by atoms with Crippen LogP contribution in [0, 0.1) is 0 Å². The van der Waals surface area contributed by atoms with Crippen LogP contribution in [0.1, 0.15) is 5.56 Å². The van der Waals surface area contributed by atoms with Crippen molar-refractivity contribution in [3.8, 4) is 0 Å². The summed E-state index contributed by atoms with van der Waals surface area (Å²) in [4.78, 5) is 22.7. The fourth-order valence-electron chi connectivity index (χ4n) is 1.06. The fourth-order valence-corrected chi connectivity index (χ4v) is 1.06. The highest BCUT2D eigenvalue weighted by Crippen LogP contribution is 1.98. The lowest BCUT2D eigenvalue weighted by atomic mass is 10.3. The number of nitrogens with zero attached hydrogens (tertiary/aromatic N) is 3. The van der Waals surface area contributed by atoms with E-state index in [0.717, 1.165) is 15.3 Å². The predicted octanol–water partition coefficient (Wildman–Crippen LogP) is -1.53. The summed E-state index contributed by atoms with van der Waals surface area (Å²) in [6.07, 6.45) is 0.900. The van der Waals surface area contributed by atoms with Crippen molar-refractivity contribution in [1.29, 1.82) is 0 Å². The molecule has 1 aromatic rings. The number of nitrogens with two attached hydrogens (primary N) is 1. The first-order valence-electron chi connectivity index (χ1n) is 3.73. The molecule has 0 amide bonds. The van der Waals surface area contributed by atoms with E-state index in [1.54, 1.807) is 0 Å². The highest BCUT2D eigenvalue weighted by molar-refractivity contribution is 5.84. The van der Waals surface area contributed by atoms with E-state index in [4.69, 9.17) is 10.9 Å². The van der Waals surface area contributed by atoms with Crippen LogP contribution in [0.3, 0.4) is 0 Å². The van der Waals surface area contributed by atoms with E-state index < -0.39 is 11.2 Å². The number of hydrogen-bond acceptors (Lipinski definition) is 5. The van der Waals surface area contributed by atoms with Crippen LogP contribution in [0.4, 0.5) is 5.82 Å². The van der Waals surface area contributed by atoms with Gasteiger partial charge in [0, 0.05) is 14.1 Å².